The van der Waals surface area contributed by atoms with Crippen LogP contribution in [0.15, 0.2) is 42.5 Å². The molecular formula is C17H24O4. The predicted octanol–water partition coefficient (Wildman–Crippen LogP) is 2.24. The average Bonchev–Trinajstić information content (AvgIpc) is 2.38. The molecule has 0 amide bonds. The maximum absolute atomic E-state index is 11.2. The number of hydrogen-bond donors (Lipinski definition) is 2. The van der Waals surface area contributed by atoms with E-state index in [9.17, 15) is 15.0 Å². The fraction of sp³-hybridized carbons (Fsp3) is 0.471. The van der Waals surface area contributed by atoms with Crippen LogP contribution in [0.1, 0.15) is 32.8 Å². The molecule has 0 aliphatic heterocycles. The second kappa shape index (κ2) is 7.38. The van der Waals surface area contributed by atoms with E-state index in [1.165, 1.54) is 13.8 Å². The maximum Gasteiger partial charge on any atom is 0.303 e. The van der Waals surface area contributed by atoms with E-state index in [1.807, 2.05) is 30.3 Å². The quantitative estimate of drug-likeness (QED) is 0.597. The highest BCUT2D eigenvalue weighted by atomic mass is 16.6. The van der Waals surface area contributed by atoms with E-state index in [2.05, 4.69) is 6.58 Å². The molecule has 0 fully saturated rings. The van der Waals surface area contributed by atoms with Crippen molar-refractivity contribution < 1.29 is 19.7 Å². The summed E-state index contributed by atoms with van der Waals surface area (Å²) in [6.07, 6.45) is -1.30. The van der Waals surface area contributed by atoms with Crippen molar-refractivity contribution in [3.63, 3.8) is 0 Å². The van der Waals surface area contributed by atoms with Gasteiger partial charge in [0.15, 0.2) is 0 Å². The number of carbonyl (C=O) groups excluding carboxylic acids is 1. The second-order valence-electron chi connectivity index (χ2n) is 5.69. The molecule has 3 atom stereocenters. The molecule has 4 heteroatoms. The van der Waals surface area contributed by atoms with E-state index in [0.717, 1.165) is 11.1 Å². The zero-order valence-corrected chi connectivity index (χ0v) is 12.9. The summed E-state index contributed by atoms with van der Waals surface area (Å²) in [5.74, 6) is -0.492. The van der Waals surface area contributed by atoms with Gasteiger partial charge in [-0.1, -0.05) is 42.5 Å². The Bertz CT molecular complexity index is 463. The van der Waals surface area contributed by atoms with Crippen molar-refractivity contribution in [2.75, 3.05) is 0 Å². The van der Waals surface area contributed by atoms with Crippen molar-refractivity contribution in [1.82, 2.24) is 0 Å². The maximum atomic E-state index is 11.2. The summed E-state index contributed by atoms with van der Waals surface area (Å²) >= 11 is 0. The molecule has 0 saturated heterocycles. The summed E-state index contributed by atoms with van der Waals surface area (Å²) in [6.45, 7) is 8.33. The van der Waals surface area contributed by atoms with Crippen molar-refractivity contribution in [1.29, 1.82) is 0 Å². The van der Waals surface area contributed by atoms with E-state index in [4.69, 9.17) is 4.74 Å². The standard InChI is InChI=1S/C17H24O4/c1-12(2)10-16(21-13(3)18)17(4,20)15(19)11-14-8-6-5-7-9-14/h5-9,15-16,19-20H,1,10-11H2,2-4H3. The number of benzene rings is 1. The molecule has 0 saturated carbocycles. The van der Waals surface area contributed by atoms with Gasteiger partial charge >= 0.3 is 5.97 Å². The minimum atomic E-state index is -1.56. The van der Waals surface area contributed by atoms with Crippen LogP contribution in [0.4, 0.5) is 0 Å². The van der Waals surface area contributed by atoms with E-state index in [0.29, 0.717) is 6.42 Å². The van der Waals surface area contributed by atoms with E-state index in [-0.39, 0.29) is 6.42 Å². The third kappa shape index (κ3) is 5.33. The van der Waals surface area contributed by atoms with Crippen LogP contribution < -0.4 is 0 Å². The minimum absolute atomic E-state index is 0.280. The van der Waals surface area contributed by atoms with Gasteiger partial charge in [0.05, 0.1) is 6.10 Å². The average molecular weight is 292 g/mol. The largest absolute Gasteiger partial charge is 0.459 e. The highest BCUT2D eigenvalue weighted by Gasteiger charge is 2.41. The smallest absolute Gasteiger partial charge is 0.303 e. The normalized spacial score (nSPS) is 16.6. The molecule has 2 N–H and O–H groups in total. The molecule has 1 aromatic rings. The zero-order valence-electron chi connectivity index (χ0n) is 12.9. The van der Waals surface area contributed by atoms with E-state index >= 15 is 0 Å². The molecule has 0 aromatic heterocycles. The highest BCUT2D eigenvalue weighted by Crippen LogP contribution is 2.26. The molecule has 0 aliphatic rings. The molecule has 1 rings (SSSR count). The first-order chi connectivity index (χ1) is 9.73. The number of aliphatic hydroxyl groups is 2. The van der Waals surface area contributed by atoms with Gasteiger partial charge in [-0.15, -0.1) is 0 Å². The summed E-state index contributed by atoms with van der Waals surface area (Å²) < 4.78 is 5.18. The summed E-state index contributed by atoms with van der Waals surface area (Å²) in [5, 5.41) is 21.0. The molecule has 0 heterocycles. The van der Waals surface area contributed by atoms with Crippen LogP contribution in [-0.2, 0) is 16.0 Å². The van der Waals surface area contributed by atoms with Crippen LogP contribution in [-0.4, -0.2) is 34.0 Å². The third-order valence-corrected chi connectivity index (χ3v) is 3.44. The zero-order chi connectivity index (χ0) is 16.0. The van der Waals surface area contributed by atoms with E-state index in [1.54, 1.807) is 6.92 Å². The summed E-state index contributed by atoms with van der Waals surface area (Å²) in [4.78, 5) is 11.2. The Balaban J connectivity index is 2.86. The molecule has 4 nitrogen and oxygen atoms in total. The van der Waals surface area contributed by atoms with Gasteiger partial charge in [0.1, 0.15) is 11.7 Å². The fourth-order valence-corrected chi connectivity index (χ4v) is 2.14. The van der Waals surface area contributed by atoms with E-state index < -0.39 is 23.8 Å². The van der Waals surface area contributed by atoms with Gasteiger partial charge in [-0.3, -0.25) is 4.79 Å². The van der Waals surface area contributed by atoms with Gasteiger partial charge in [-0.2, -0.15) is 0 Å². The molecule has 0 radical (unpaired) electrons. The molecule has 3 unspecified atom stereocenters. The van der Waals surface area contributed by atoms with Gasteiger partial charge in [0.2, 0.25) is 0 Å². The number of carbonyl (C=O) groups is 1. The Kier molecular flexibility index (Phi) is 6.12. The summed E-state index contributed by atoms with van der Waals surface area (Å²) in [5.41, 5.74) is 0.121. The molecule has 0 spiro atoms. The number of aliphatic hydroxyl groups excluding tert-OH is 1. The lowest BCUT2D eigenvalue weighted by molar-refractivity contribution is -0.176. The van der Waals surface area contributed by atoms with Crippen LogP contribution in [0.2, 0.25) is 0 Å². The van der Waals surface area contributed by atoms with Gasteiger partial charge in [-0.05, 0) is 19.4 Å². The summed E-state index contributed by atoms with van der Waals surface area (Å²) in [6, 6.07) is 9.37. The first-order valence-electron chi connectivity index (χ1n) is 6.99. The van der Waals surface area contributed by atoms with Crippen LogP contribution in [0.5, 0.6) is 0 Å². The van der Waals surface area contributed by atoms with Gasteiger partial charge in [0, 0.05) is 19.8 Å². The lowest BCUT2D eigenvalue weighted by atomic mass is 9.85. The molecule has 1 aromatic carbocycles. The van der Waals surface area contributed by atoms with Crippen LogP contribution in [0.3, 0.4) is 0 Å². The Labute approximate surface area is 126 Å². The lowest BCUT2D eigenvalue weighted by Gasteiger charge is -2.36. The number of hydrogen-bond acceptors (Lipinski definition) is 4. The molecule has 21 heavy (non-hydrogen) atoms. The van der Waals surface area contributed by atoms with Crippen molar-refractivity contribution >= 4 is 5.97 Å². The van der Waals surface area contributed by atoms with Crippen LogP contribution in [0.25, 0.3) is 0 Å². The Morgan fingerprint density at radius 1 is 1.33 bits per heavy atom. The minimum Gasteiger partial charge on any atom is -0.459 e. The first-order valence-corrected chi connectivity index (χ1v) is 6.99. The number of esters is 1. The lowest BCUT2D eigenvalue weighted by Crippen LogP contribution is -2.52. The van der Waals surface area contributed by atoms with Crippen LogP contribution >= 0.6 is 0 Å². The molecule has 0 aliphatic carbocycles. The highest BCUT2D eigenvalue weighted by molar-refractivity contribution is 5.66. The van der Waals surface area contributed by atoms with Crippen molar-refractivity contribution in [2.24, 2.45) is 0 Å². The first kappa shape index (κ1) is 17.4. The summed E-state index contributed by atoms with van der Waals surface area (Å²) in [7, 11) is 0. The number of rotatable bonds is 7. The topological polar surface area (TPSA) is 66.8 Å². The predicted molar refractivity (Wildman–Crippen MR) is 81.8 cm³/mol. The van der Waals surface area contributed by atoms with Crippen molar-refractivity contribution in [3.8, 4) is 0 Å². The van der Waals surface area contributed by atoms with Gasteiger partial charge in [-0.25, -0.2) is 0 Å². The molecule has 116 valence electrons. The van der Waals surface area contributed by atoms with Crippen molar-refractivity contribution in [2.45, 2.75) is 51.4 Å². The SMILES string of the molecule is C=C(C)CC(OC(C)=O)C(C)(O)C(O)Cc1ccccc1. The molecular weight excluding hydrogens is 268 g/mol. The Hall–Kier alpha value is -1.65. The fourth-order valence-electron chi connectivity index (χ4n) is 2.14. The Morgan fingerprint density at radius 3 is 2.38 bits per heavy atom. The number of ether oxygens (including phenoxy) is 1. The monoisotopic (exact) mass is 292 g/mol. The van der Waals surface area contributed by atoms with Gasteiger partial charge in [0.25, 0.3) is 0 Å². The van der Waals surface area contributed by atoms with Gasteiger partial charge < -0.3 is 14.9 Å². The van der Waals surface area contributed by atoms with Crippen molar-refractivity contribution in [3.05, 3.63) is 48.0 Å². The molecule has 0 bridgehead atoms. The third-order valence-electron chi connectivity index (χ3n) is 3.44. The second-order valence-corrected chi connectivity index (χ2v) is 5.69. The Morgan fingerprint density at radius 2 is 1.90 bits per heavy atom. The van der Waals surface area contributed by atoms with Crippen LogP contribution in [0, 0.1) is 0 Å².